The van der Waals surface area contributed by atoms with Gasteiger partial charge in [0.1, 0.15) is 5.75 Å². The maximum absolute atomic E-state index is 10.5. The number of ether oxygens (including phenoxy) is 3. The van der Waals surface area contributed by atoms with Gasteiger partial charge in [-0.3, -0.25) is 0 Å². The molecule has 0 saturated heterocycles. The van der Waals surface area contributed by atoms with Gasteiger partial charge in [0.25, 0.3) is 0 Å². The van der Waals surface area contributed by atoms with E-state index in [9.17, 15) is 4.79 Å². The number of nitrogens with zero attached hydrogens (tertiary/aromatic N) is 2. The first-order valence-corrected chi connectivity index (χ1v) is 8.25. The van der Waals surface area contributed by atoms with E-state index in [4.69, 9.17) is 18.7 Å². The van der Waals surface area contributed by atoms with Gasteiger partial charge in [0.2, 0.25) is 11.7 Å². The van der Waals surface area contributed by atoms with Crippen LogP contribution in [-0.2, 0) is 14.3 Å². The Labute approximate surface area is 154 Å². The van der Waals surface area contributed by atoms with E-state index in [1.54, 1.807) is 21.1 Å². The zero-order chi connectivity index (χ0) is 19.4. The predicted octanol–water partition coefficient (Wildman–Crippen LogP) is 3.50. The molecule has 0 spiro atoms. The quantitative estimate of drug-likeness (QED) is 0.404. The molecule has 0 radical (unpaired) electrons. The topological polar surface area (TPSA) is 83.7 Å². The van der Waals surface area contributed by atoms with E-state index in [2.05, 4.69) is 16.7 Å². The summed E-state index contributed by atoms with van der Waals surface area (Å²) in [5.41, 5.74) is 1.98. The number of benzene rings is 1. The summed E-state index contributed by atoms with van der Waals surface area (Å²) >= 11 is 0. The van der Waals surface area contributed by atoms with Gasteiger partial charge >= 0.3 is 5.97 Å². The minimum Gasteiger partial charge on any atom is -0.496 e. The molecule has 1 aromatic heterocycles. The molecule has 0 bridgehead atoms. The van der Waals surface area contributed by atoms with Gasteiger partial charge < -0.3 is 18.7 Å². The summed E-state index contributed by atoms with van der Waals surface area (Å²) in [4.78, 5) is 14.6. The van der Waals surface area contributed by atoms with Gasteiger partial charge in [-0.25, -0.2) is 4.79 Å². The van der Waals surface area contributed by atoms with Crippen LogP contribution in [0, 0.1) is 13.8 Å². The number of hydrogen-bond acceptors (Lipinski definition) is 7. The molecule has 7 heteroatoms. The Morgan fingerprint density at radius 3 is 2.54 bits per heavy atom. The third kappa shape index (κ3) is 7.48. The minimum absolute atomic E-state index is 0.359. The first-order valence-electron chi connectivity index (χ1n) is 8.25. The molecule has 0 fully saturated rings. The summed E-state index contributed by atoms with van der Waals surface area (Å²) < 4.78 is 19.7. The van der Waals surface area contributed by atoms with Gasteiger partial charge in [-0.1, -0.05) is 23.9 Å². The van der Waals surface area contributed by atoms with Crippen LogP contribution in [0.3, 0.4) is 0 Å². The Balaban J connectivity index is 0.000000276. The van der Waals surface area contributed by atoms with Crippen molar-refractivity contribution in [2.75, 3.05) is 27.4 Å². The van der Waals surface area contributed by atoms with Gasteiger partial charge in [0.05, 0.1) is 13.7 Å². The summed E-state index contributed by atoms with van der Waals surface area (Å²) in [6.07, 6.45) is 2.92. The average Bonchev–Trinajstić information content (AvgIpc) is 3.08. The summed E-state index contributed by atoms with van der Waals surface area (Å²) in [7, 11) is 3.29. The smallest absolute Gasteiger partial charge is 0.330 e. The van der Waals surface area contributed by atoms with Gasteiger partial charge in [-0.2, -0.15) is 4.98 Å². The number of esters is 1. The van der Waals surface area contributed by atoms with Crippen molar-refractivity contribution in [2.24, 2.45) is 0 Å². The number of unbranched alkanes of at least 4 members (excludes halogenated alkanes) is 1. The van der Waals surface area contributed by atoms with Gasteiger partial charge in [0.15, 0.2) is 0 Å². The highest BCUT2D eigenvalue weighted by molar-refractivity contribution is 5.81. The van der Waals surface area contributed by atoms with Crippen molar-refractivity contribution in [3.05, 3.63) is 42.3 Å². The van der Waals surface area contributed by atoms with Crippen LogP contribution >= 0.6 is 0 Å². The van der Waals surface area contributed by atoms with Crippen LogP contribution in [0.4, 0.5) is 0 Å². The van der Waals surface area contributed by atoms with E-state index in [1.807, 2.05) is 25.1 Å². The van der Waals surface area contributed by atoms with Crippen LogP contribution in [0.2, 0.25) is 0 Å². The highest BCUT2D eigenvalue weighted by Gasteiger charge is 2.07. The van der Waals surface area contributed by atoms with Crippen molar-refractivity contribution in [1.82, 2.24) is 10.1 Å². The van der Waals surface area contributed by atoms with E-state index in [1.165, 1.54) is 0 Å². The fraction of sp³-hybridized carbons (Fsp3) is 0.421. The second kappa shape index (κ2) is 11.8. The van der Waals surface area contributed by atoms with Crippen LogP contribution in [0.5, 0.6) is 5.75 Å². The Bertz CT molecular complexity index is 697. The van der Waals surface area contributed by atoms with Crippen LogP contribution in [0.15, 0.2) is 35.4 Å². The van der Waals surface area contributed by atoms with E-state index < -0.39 is 0 Å². The number of rotatable bonds is 8. The molecule has 0 aliphatic heterocycles. The van der Waals surface area contributed by atoms with E-state index >= 15 is 0 Å². The molecule has 7 nitrogen and oxygen atoms in total. The average molecular weight is 362 g/mol. The minimum atomic E-state index is -0.359. The Kier molecular flexibility index (Phi) is 9.71. The standard InChI is InChI=1S/C11H12N2O2.C8H14O3/c1-7-4-5-9(6-10(7)14-3)11-12-8(2)15-13-11;1-3-8(9)11-7-5-4-6-10-2/h4-6H,1-3H3;3H,1,4-7H2,2H3. The first kappa shape index (κ1) is 21.4. The highest BCUT2D eigenvalue weighted by atomic mass is 16.5. The van der Waals surface area contributed by atoms with Crippen molar-refractivity contribution in [1.29, 1.82) is 0 Å². The first-order chi connectivity index (χ1) is 12.5. The largest absolute Gasteiger partial charge is 0.496 e. The molecular formula is C19H26N2O5. The lowest BCUT2D eigenvalue weighted by Gasteiger charge is -2.04. The van der Waals surface area contributed by atoms with Crippen molar-refractivity contribution >= 4 is 5.97 Å². The SMILES string of the molecule is C=CC(=O)OCCCCOC.COc1cc(-c2noc(C)n2)ccc1C. The number of hydrogen-bond donors (Lipinski definition) is 0. The molecule has 2 aromatic rings. The summed E-state index contributed by atoms with van der Waals surface area (Å²) in [6, 6.07) is 5.82. The highest BCUT2D eigenvalue weighted by Crippen LogP contribution is 2.24. The van der Waals surface area contributed by atoms with Crippen molar-refractivity contribution in [3.63, 3.8) is 0 Å². The van der Waals surface area contributed by atoms with Gasteiger partial charge in [0, 0.05) is 32.3 Å². The fourth-order valence-corrected chi connectivity index (χ4v) is 1.96. The van der Waals surface area contributed by atoms with Crippen LogP contribution < -0.4 is 4.74 Å². The van der Waals surface area contributed by atoms with Gasteiger partial charge in [-0.15, -0.1) is 0 Å². The molecule has 0 aliphatic rings. The van der Waals surface area contributed by atoms with Crippen LogP contribution in [-0.4, -0.2) is 43.5 Å². The number of carbonyl (C=O) groups is 1. The molecule has 0 atom stereocenters. The zero-order valence-corrected chi connectivity index (χ0v) is 15.8. The van der Waals surface area contributed by atoms with Crippen molar-refractivity contribution in [2.45, 2.75) is 26.7 Å². The van der Waals surface area contributed by atoms with Gasteiger partial charge in [-0.05, 0) is 31.4 Å². The predicted molar refractivity (Wildman–Crippen MR) is 98.0 cm³/mol. The second-order valence-corrected chi connectivity index (χ2v) is 5.39. The van der Waals surface area contributed by atoms with Crippen LogP contribution in [0.25, 0.3) is 11.4 Å². The second-order valence-electron chi connectivity index (χ2n) is 5.39. The number of methoxy groups -OCH3 is 2. The fourth-order valence-electron chi connectivity index (χ4n) is 1.96. The van der Waals surface area contributed by atoms with E-state index in [-0.39, 0.29) is 5.97 Å². The third-order valence-corrected chi connectivity index (χ3v) is 3.35. The van der Waals surface area contributed by atoms with E-state index in [0.717, 1.165) is 35.8 Å². The Morgan fingerprint density at radius 1 is 1.23 bits per heavy atom. The third-order valence-electron chi connectivity index (χ3n) is 3.35. The summed E-state index contributed by atoms with van der Waals surface area (Å²) in [6.45, 7) is 8.20. The lowest BCUT2D eigenvalue weighted by molar-refractivity contribution is -0.137. The molecule has 0 N–H and O–H groups in total. The lowest BCUT2D eigenvalue weighted by Crippen LogP contribution is -2.02. The number of aromatic nitrogens is 2. The van der Waals surface area contributed by atoms with Crippen molar-refractivity contribution in [3.8, 4) is 17.1 Å². The summed E-state index contributed by atoms with van der Waals surface area (Å²) in [5.74, 6) is 1.62. The molecule has 0 saturated carbocycles. The molecule has 0 aliphatic carbocycles. The molecular weight excluding hydrogens is 336 g/mol. The maximum Gasteiger partial charge on any atom is 0.330 e. The summed E-state index contributed by atoms with van der Waals surface area (Å²) in [5, 5.41) is 3.85. The molecule has 1 aromatic carbocycles. The molecule has 0 unspecified atom stereocenters. The Hall–Kier alpha value is -2.67. The monoisotopic (exact) mass is 362 g/mol. The van der Waals surface area contributed by atoms with E-state index in [0.29, 0.717) is 24.9 Å². The molecule has 2 rings (SSSR count). The molecule has 26 heavy (non-hydrogen) atoms. The van der Waals surface area contributed by atoms with Crippen LogP contribution in [0.1, 0.15) is 24.3 Å². The van der Waals surface area contributed by atoms with Crippen molar-refractivity contribution < 1.29 is 23.5 Å². The normalized spacial score (nSPS) is 9.85. The molecule has 1 heterocycles. The zero-order valence-electron chi connectivity index (χ0n) is 15.8. The lowest BCUT2D eigenvalue weighted by atomic mass is 10.1. The molecule has 142 valence electrons. The number of aryl methyl sites for hydroxylation is 2. The maximum atomic E-state index is 10.5. The molecule has 0 amide bonds. The Morgan fingerprint density at radius 2 is 1.96 bits per heavy atom. The number of carbonyl (C=O) groups excluding carboxylic acids is 1.